The molecule has 0 fully saturated rings. The van der Waals surface area contributed by atoms with Crippen LogP contribution in [0.1, 0.15) is 30.9 Å². The molecule has 0 unspecified atom stereocenters. The third kappa shape index (κ3) is 2.05. The molecule has 0 amide bonds. The predicted octanol–water partition coefficient (Wildman–Crippen LogP) is 4.04. The Kier molecular flexibility index (Phi) is 2.97. The van der Waals surface area contributed by atoms with Gasteiger partial charge in [0.05, 0.1) is 11.0 Å². The number of rotatable bonds is 2. The molecule has 3 rings (SSSR count). The zero-order valence-corrected chi connectivity index (χ0v) is 12.1. The Morgan fingerprint density at radius 3 is 2.65 bits per heavy atom. The Labute approximate surface area is 119 Å². The SMILES string of the molecule is Cc1ccc2nc(N)n(-c3cccc(C(C)C)c3)c2c1. The second-order valence-electron chi connectivity index (χ2n) is 5.55. The van der Waals surface area contributed by atoms with Gasteiger partial charge in [0.1, 0.15) is 0 Å². The topological polar surface area (TPSA) is 43.8 Å². The lowest BCUT2D eigenvalue weighted by Gasteiger charge is -2.11. The molecule has 2 aromatic carbocycles. The van der Waals surface area contributed by atoms with Crippen molar-refractivity contribution in [2.45, 2.75) is 26.7 Å². The lowest BCUT2D eigenvalue weighted by Crippen LogP contribution is -2.01. The first-order valence-electron chi connectivity index (χ1n) is 6.91. The average molecular weight is 265 g/mol. The highest BCUT2D eigenvalue weighted by molar-refractivity contribution is 5.81. The standard InChI is InChI=1S/C17H19N3/c1-11(2)13-5-4-6-14(10-13)20-16-9-12(3)7-8-15(16)19-17(20)18/h4-11H,1-3H3,(H2,18,19). The number of nitrogen functional groups attached to an aromatic ring is 1. The molecule has 0 spiro atoms. The fourth-order valence-electron chi connectivity index (χ4n) is 2.50. The molecule has 0 radical (unpaired) electrons. The molecule has 20 heavy (non-hydrogen) atoms. The van der Waals surface area contributed by atoms with Crippen LogP contribution in [0.3, 0.4) is 0 Å². The Morgan fingerprint density at radius 2 is 1.90 bits per heavy atom. The maximum atomic E-state index is 6.11. The zero-order valence-electron chi connectivity index (χ0n) is 12.1. The highest BCUT2D eigenvalue weighted by atomic mass is 15.2. The minimum absolute atomic E-state index is 0.493. The molecule has 3 nitrogen and oxygen atoms in total. The summed E-state index contributed by atoms with van der Waals surface area (Å²) in [5.74, 6) is 1.03. The van der Waals surface area contributed by atoms with Crippen LogP contribution >= 0.6 is 0 Å². The third-order valence-electron chi connectivity index (χ3n) is 3.63. The number of hydrogen-bond donors (Lipinski definition) is 1. The maximum Gasteiger partial charge on any atom is 0.205 e. The summed E-state index contributed by atoms with van der Waals surface area (Å²) in [5.41, 5.74) is 11.7. The van der Waals surface area contributed by atoms with Crippen LogP contribution in [-0.4, -0.2) is 9.55 Å². The molecular formula is C17H19N3. The van der Waals surface area contributed by atoms with E-state index in [9.17, 15) is 0 Å². The molecule has 102 valence electrons. The smallest absolute Gasteiger partial charge is 0.205 e. The van der Waals surface area contributed by atoms with Gasteiger partial charge in [-0.2, -0.15) is 0 Å². The number of nitrogens with zero attached hydrogens (tertiary/aromatic N) is 2. The summed E-state index contributed by atoms with van der Waals surface area (Å²) in [6.07, 6.45) is 0. The highest BCUT2D eigenvalue weighted by Crippen LogP contribution is 2.26. The first-order valence-corrected chi connectivity index (χ1v) is 6.91. The molecule has 3 aromatic rings. The fourth-order valence-corrected chi connectivity index (χ4v) is 2.50. The van der Waals surface area contributed by atoms with Crippen molar-refractivity contribution < 1.29 is 0 Å². The van der Waals surface area contributed by atoms with Gasteiger partial charge in [-0.3, -0.25) is 4.57 Å². The number of benzene rings is 2. The van der Waals surface area contributed by atoms with Crippen LogP contribution < -0.4 is 5.73 Å². The Hall–Kier alpha value is -2.29. The third-order valence-corrected chi connectivity index (χ3v) is 3.63. The van der Waals surface area contributed by atoms with Crippen LogP contribution in [0.2, 0.25) is 0 Å². The lowest BCUT2D eigenvalue weighted by molar-refractivity contribution is 0.864. The molecule has 0 saturated carbocycles. The average Bonchev–Trinajstić information content (AvgIpc) is 2.74. The molecule has 2 N–H and O–H groups in total. The van der Waals surface area contributed by atoms with Gasteiger partial charge in [-0.15, -0.1) is 0 Å². The summed E-state index contributed by atoms with van der Waals surface area (Å²) in [6, 6.07) is 14.7. The maximum absolute atomic E-state index is 6.11. The van der Waals surface area contributed by atoms with Crippen molar-refractivity contribution in [1.29, 1.82) is 0 Å². The number of fused-ring (bicyclic) bond motifs is 1. The molecule has 0 atom stereocenters. The van der Waals surface area contributed by atoms with Gasteiger partial charge in [0, 0.05) is 5.69 Å². The molecule has 0 bridgehead atoms. The summed E-state index contributed by atoms with van der Waals surface area (Å²) in [7, 11) is 0. The molecule has 0 saturated heterocycles. The Bertz CT molecular complexity index is 769. The van der Waals surface area contributed by atoms with Crippen molar-refractivity contribution in [3.05, 3.63) is 53.6 Å². The van der Waals surface area contributed by atoms with Gasteiger partial charge in [-0.1, -0.05) is 32.0 Å². The summed E-state index contributed by atoms with van der Waals surface area (Å²) >= 11 is 0. The first kappa shape index (κ1) is 12.7. The summed E-state index contributed by atoms with van der Waals surface area (Å²) in [5, 5.41) is 0. The molecule has 0 aliphatic carbocycles. The number of nitrogens with two attached hydrogens (primary N) is 1. The monoisotopic (exact) mass is 265 g/mol. The predicted molar refractivity (Wildman–Crippen MR) is 84.3 cm³/mol. The van der Waals surface area contributed by atoms with E-state index >= 15 is 0 Å². The Morgan fingerprint density at radius 1 is 1.10 bits per heavy atom. The van der Waals surface area contributed by atoms with Crippen molar-refractivity contribution in [2.75, 3.05) is 5.73 Å². The molecule has 3 heteroatoms. The van der Waals surface area contributed by atoms with Crippen molar-refractivity contribution >= 4 is 17.0 Å². The lowest BCUT2D eigenvalue weighted by atomic mass is 10.0. The van der Waals surface area contributed by atoms with Gasteiger partial charge in [0.15, 0.2) is 0 Å². The normalized spacial score (nSPS) is 11.4. The van der Waals surface area contributed by atoms with Gasteiger partial charge in [-0.05, 0) is 48.2 Å². The summed E-state index contributed by atoms with van der Waals surface area (Å²) in [4.78, 5) is 4.45. The fraction of sp³-hybridized carbons (Fsp3) is 0.235. The number of aromatic nitrogens is 2. The van der Waals surface area contributed by atoms with Gasteiger partial charge in [0.2, 0.25) is 5.95 Å². The quantitative estimate of drug-likeness (QED) is 0.760. The van der Waals surface area contributed by atoms with Crippen molar-refractivity contribution in [3.63, 3.8) is 0 Å². The van der Waals surface area contributed by atoms with Gasteiger partial charge >= 0.3 is 0 Å². The molecule has 1 heterocycles. The first-order chi connectivity index (χ1) is 9.56. The largest absolute Gasteiger partial charge is 0.369 e. The highest BCUT2D eigenvalue weighted by Gasteiger charge is 2.11. The van der Waals surface area contributed by atoms with Crippen LogP contribution in [0, 0.1) is 6.92 Å². The zero-order chi connectivity index (χ0) is 14.3. The van der Waals surface area contributed by atoms with E-state index in [1.54, 1.807) is 0 Å². The molecule has 0 aliphatic rings. The van der Waals surface area contributed by atoms with E-state index in [4.69, 9.17) is 5.73 Å². The van der Waals surface area contributed by atoms with E-state index in [1.807, 2.05) is 10.6 Å². The van der Waals surface area contributed by atoms with Gasteiger partial charge in [-0.25, -0.2) is 4.98 Å². The van der Waals surface area contributed by atoms with Crippen molar-refractivity contribution in [2.24, 2.45) is 0 Å². The van der Waals surface area contributed by atoms with Crippen LogP contribution in [0.4, 0.5) is 5.95 Å². The van der Waals surface area contributed by atoms with E-state index in [1.165, 1.54) is 11.1 Å². The van der Waals surface area contributed by atoms with Crippen molar-refractivity contribution in [1.82, 2.24) is 9.55 Å². The summed E-state index contributed by atoms with van der Waals surface area (Å²) < 4.78 is 2.02. The van der Waals surface area contributed by atoms with E-state index < -0.39 is 0 Å². The molecular weight excluding hydrogens is 246 g/mol. The van der Waals surface area contributed by atoms with Crippen molar-refractivity contribution in [3.8, 4) is 5.69 Å². The second-order valence-corrected chi connectivity index (χ2v) is 5.55. The van der Waals surface area contributed by atoms with Gasteiger partial charge < -0.3 is 5.73 Å². The number of aryl methyl sites for hydroxylation is 1. The second kappa shape index (κ2) is 4.67. The van der Waals surface area contributed by atoms with Crippen LogP contribution in [-0.2, 0) is 0 Å². The molecule has 0 aliphatic heterocycles. The minimum Gasteiger partial charge on any atom is -0.369 e. The van der Waals surface area contributed by atoms with Crippen LogP contribution in [0.25, 0.3) is 16.7 Å². The van der Waals surface area contributed by atoms with Crippen LogP contribution in [0.5, 0.6) is 0 Å². The number of hydrogen-bond acceptors (Lipinski definition) is 2. The van der Waals surface area contributed by atoms with E-state index in [0.29, 0.717) is 11.9 Å². The minimum atomic E-state index is 0.493. The van der Waals surface area contributed by atoms with Crippen LogP contribution in [0.15, 0.2) is 42.5 Å². The Balaban J connectivity index is 2.26. The van der Waals surface area contributed by atoms with E-state index in [-0.39, 0.29) is 0 Å². The van der Waals surface area contributed by atoms with E-state index in [0.717, 1.165) is 16.7 Å². The summed E-state index contributed by atoms with van der Waals surface area (Å²) in [6.45, 7) is 6.47. The number of anilines is 1. The number of imidazole rings is 1. The van der Waals surface area contributed by atoms with E-state index in [2.05, 4.69) is 62.2 Å². The van der Waals surface area contributed by atoms with Gasteiger partial charge in [0.25, 0.3) is 0 Å². The molecule has 1 aromatic heterocycles.